The van der Waals surface area contributed by atoms with Crippen molar-refractivity contribution in [2.75, 3.05) is 26.4 Å². The highest BCUT2D eigenvalue weighted by molar-refractivity contribution is 7.47. The Balaban J connectivity index is 4.83. The third-order valence-electron chi connectivity index (χ3n) is 12.2. The molecule has 0 saturated heterocycles. The highest BCUT2D eigenvalue weighted by Gasteiger charge is 2.28. The van der Waals surface area contributed by atoms with Crippen LogP contribution in [-0.4, -0.2) is 66.5 Å². The molecule has 452 valence electrons. The van der Waals surface area contributed by atoms with Crippen LogP contribution in [0.4, 0.5) is 0 Å². The van der Waals surface area contributed by atoms with Crippen LogP contribution in [0.15, 0.2) is 146 Å². The Morgan fingerprint density at radius 1 is 0.350 bits per heavy atom. The van der Waals surface area contributed by atoms with Gasteiger partial charge < -0.3 is 24.2 Å². The number of hydrogen-bond donors (Lipinski definition) is 2. The molecule has 0 aromatic carbocycles. The SMILES string of the molecule is CC/C=C\C/C=C\C/C=C\C/C=C\C/C=C\CCCC(=O)OC(CO)COP(=O)(O)OCC(COC(=O)CCCCCCCCC/C=C\C/C=C\C/C=C\CC)OC(=O)CCCCCCCC/C=C\C/C=C\C/C=C\C/C=C\CC. The van der Waals surface area contributed by atoms with Gasteiger partial charge in [-0.3, -0.25) is 23.4 Å². The summed E-state index contributed by atoms with van der Waals surface area (Å²) >= 11 is 0. The molecular weight excluding hydrogens is 1020 g/mol. The van der Waals surface area contributed by atoms with E-state index in [9.17, 15) is 28.9 Å². The minimum absolute atomic E-state index is 0.0895. The Kier molecular flexibility index (Phi) is 56.9. The zero-order chi connectivity index (χ0) is 58.3. The van der Waals surface area contributed by atoms with Crippen molar-refractivity contribution >= 4 is 25.7 Å². The molecule has 80 heavy (non-hydrogen) atoms. The molecule has 0 rings (SSSR count). The van der Waals surface area contributed by atoms with E-state index in [0.29, 0.717) is 25.7 Å². The Labute approximate surface area is 486 Å². The number of aliphatic hydroxyl groups is 1. The van der Waals surface area contributed by atoms with E-state index < -0.39 is 57.8 Å². The fourth-order valence-corrected chi connectivity index (χ4v) is 8.47. The monoisotopic (exact) mass is 1130 g/mol. The van der Waals surface area contributed by atoms with Crippen molar-refractivity contribution in [1.29, 1.82) is 0 Å². The van der Waals surface area contributed by atoms with Crippen LogP contribution in [0.5, 0.6) is 0 Å². The summed E-state index contributed by atoms with van der Waals surface area (Å²) in [6.45, 7) is 4.21. The van der Waals surface area contributed by atoms with Gasteiger partial charge in [0.15, 0.2) is 6.10 Å². The molecule has 3 atom stereocenters. The molecule has 0 amide bonds. The molecule has 0 aliphatic rings. The van der Waals surface area contributed by atoms with Gasteiger partial charge in [-0.2, -0.15) is 0 Å². The van der Waals surface area contributed by atoms with Gasteiger partial charge in [0.1, 0.15) is 12.7 Å². The lowest BCUT2D eigenvalue weighted by Crippen LogP contribution is -2.30. The second kappa shape index (κ2) is 60.5. The molecule has 0 spiro atoms. The fourth-order valence-electron chi connectivity index (χ4n) is 7.69. The maximum absolute atomic E-state index is 12.9. The van der Waals surface area contributed by atoms with E-state index >= 15 is 0 Å². The first-order valence-corrected chi connectivity index (χ1v) is 32.2. The number of unbranched alkanes of at least 4 members (excludes halogenated alkanes) is 14. The summed E-state index contributed by atoms with van der Waals surface area (Å²) in [7, 11) is -4.79. The van der Waals surface area contributed by atoms with Gasteiger partial charge in [-0.25, -0.2) is 4.57 Å². The van der Waals surface area contributed by atoms with Crippen molar-refractivity contribution in [3.05, 3.63) is 146 Å². The number of carbonyl (C=O) groups excluding carboxylic acids is 3. The van der Waals surface area contributed by atoms with Crippen molar-refractivity contribution in [3.8, 4) is 0 Å². The third-order valence-corrected chi connectivity index (χ3v) is 13.2. The Bertz CT molecular complexity index is 1900. The molecule has 2 N–H and O–H groups in total. The van der Waals surface area contributed by atoms with E-state index in [1.54, 1.807) is 0 Å². The minimum atomic E-state index is -4.79. The largest absolute Gasteiger partial charge is 0.472 e. The van der Waals surface area contributed by atoms with Gasteiger partial charge in [-0.05, 0) is 128 Å². The predicted molar refractivity (Wildman–Crippen MR) is 334 cm³/mol. The topological polar surface area (TPSA) is 155 Å². The molecule has 0 aromatic heterocycles. The second-order valence-electron chi connectivity index (χ2n) is 19.7. The number of phosphoric acid groups is 1. The molecule has 0 bridgehead atoms. The lowest BCUT2D eigenvalue weighted by molar-refractivity contribution is -0.161. The number of rotatable bonds is 55. The zero-order valence-corrected chi connectivity index (χ0v) is 50.9. The Morgan fingerprint density at radius 3 is 0.988 bits per heavy atom. The highest BCUT2D eigenvalue weighted by atomic mass is 31.2. The summed E-state index contributed by atoms with van der Waals surface area (Å²) in [5.41, 5.74) is 0. The normalized spacial score (nSPS) is 14.3. The lowest BCUT2D eigenvalue weighted by atomic mass is 10.1. The molecule has 0 heterocycles. The van der Waals surface area contributed by atoms with Gasteiger partial charge in [0, 0.05) is 19.3 Å². The van der Waals surface area contributed by atoms with E-state index in [1.807, 2.05) is 12.2 Å². The van der Waals surface area contributed by atoms with Crippen LogP contribution >= 0.6 is 7.82 Å². The predicted octanol–water partition coefficient (Wildman–Crippen LogP) is 18.7. The summed E-state index contributed by atoms with van der Waals surface area (Å²) < 4.78 is 39.6. The van der Waals surface area contributed by atoms with E-state index in [0.717, 1.165) is 148 Å². The summed E-state index contributed by atoms with van der Waals surface area (Å²) in [5, 5.41) is 9.83. The fraction of sp³-hybridized carbons (Fsp3) is 0.603. The minimum Gasteiger partial charge on any atom is -0.462 e. The maximum atomic E-state index is 12.9. The zero-order valence-electron chi connectivity index (χ0n) is 50.0. The van der Waals surface area contributed by atoms with Crippen LogP contribution in [0.25, 0.3) is 0 Å². The van der Waals surface area contributed by atoms with E-state index in [1.165, 1.54) is 12.8 Å². The van der Waals surface area contributed by atoms with Crippen molar-refractivity contribution in [1.82, 2.24) is 0 Å². The number of hydrogen-bond acceptors (Lipinski definition) is 10. The molecular formula is C68H109O11P. The Hall–Kier alpha value is -4.64. The standard InChI is InChI=1S/C68H109O11P/c1-4-7-10-13-16-19-22-25-28-31-32-35-38-41-44-47-50-53-56-59-68(72)79-65(61-75-66(70)57-54-51-48-45-42-39-36-33-29-26-23-20-17-14-11-8-5-2)63-77-80(73,74)76-62-64(60-69)78-67(71)58-55-52-49-46-43-40-37-34-30-27-24-21-18-15-12-9-6-3/h7-12,16-21,25-30,32,35,37,40,46,49,64-65,69H,4-6,13-15,22-24,31,33-34,36,38-39,41-45,47-48,50-63H2,1-3H3,(H,73,74)/b10-7-,11-8-,12-9-,19-16-,20-17-,21-18-,28-25-,29-26-,30-27-,35-32-,40-37-,49-46-. The molecule has 0 aromatic rings. The van der Waals surface area contributed by atoms with Gasteiger partial charge in [0.2, 0.25) is 0 Å². The molecule has 0 radical (unpaired) electrons. The smallest absolute Gasteiger partial charge is 0.462 e. The van der Waals surface area contributed by atoms with E-state index in [-0.39, 0.29) is 25.9 Å². The van der Waals surface area contributed by atoms with Crippen molar-refractivity contribution in [3.63, 3.8) is 0 Å². The summed E-state index contributed by atoms with van der Waals surface area (Å²) in [6, 6.07) is 0. The van der Waals surface area contributed by atoms with E-state index in [2.05, 4.69) is 154 Å². The molecule has 0 saturated carbocycles. The molecule has 0 fully saturated rings. The van der Waals surface area contributed by atoms with Gasteiger partial charge in [0.05, 0.1) is 19.8 Å². The van der Waals surface area contributed by atoms with Crippen LogP contribution in [0.3, 0.4) is 0 Å². The number of carbonyl (C=O) groups is 3. The molecule has 3 unspecified atom stereocenters. The number of phosphoric ester groups is 1. The van der Waals surface area contributed by atoms with Gasteiger partial charge in [0.25, 0.3) is 0 Å². The number of ether oxygens (including phenoxy) is 3. The molecule has 0 aliphatic heterocycles. The highest BCUT2D eigenvalue weighted by Crippen LogP contribution is 2.43. The van der Waals surface area contributed by atoms with Crippen LogP contribution in [0, 0.1) is 0 Å². The van der Waals surface area contributed by atoms with Crippen molar-refractivity contribution in [2.45, 2.75) is 238 Å². The average Bonchev–Trinajstić information content (AvgIpc) is 3.45. The van der Waals surface area contributed by atoms with Gasteiger partial charge in [-0.15, -0.1) is 0 Å². The quantitative estimate of drug-likeness (QED) is 0.0197. The molecule has 12 heteroatoms. The second-order valence-corrected chi connectivity index (χ2v) is 21.2. The number of esters is 3. The third kappa shape index (κ3) is 58.0. The summed E-state index contributed by atoms with van der Waals surface area (Å²) in [4.78, 5) is 48.7. The molecule has 11 nitrogen and oxygen atoms in total. The molecule has 0 aliphatic carbocycles. The maximum Gasteiger partial charge on any atom is 0.472 e. The van der Waals surface area contributed by atoms with Crippen molar-refractivity contribution in [2.24, 2.45) is 0 Å². The number of aliphatic hydroxyl groups excluding tert-OH is 1. The first-order valence-electron chi connectivity index (χ1n) is 30.7. The Morgan fingerprint density at radius 2 is 0.625 bits per heavy atom. The van der Waals surface area contributed by atoms with E-state index in [4.69, 9.17) is 23.3 Å². The summed E-state index contributed by atoms with van der Waals surface area (Å²) in [5.74, 6) is -1.57. The number of allylic oxidation sites excluding steroid dienone is 24. The summed E-state index contributed by atoms with van der Waals surface area (Å²) in [6.07, 6.45) is 78.0. The van der Waals surface area contributed by atoms with Crippen LogP contribution < -0.4 is 0 Å². The first-order chi connectivity index (χ1) is 39.2. The lowest BCUT2D eigenvalue weighted by Gasteiger charge is -2.21. The van der Waals surface area contributed by atoms with Crippen LogP contribution in [0.1, 0.15) is 226 Å². The van der Waals surface area contributed by atoms with Crippen LogP contribution in [-0.2, 0) is 42.2 Å². The van der Waals surface area contributed by atoms with Crippen molar-refractivity contribution < 1.29 is 52.2 Å². The first kappa shape index (κ1) is 75.4. The van der Waals surface area contributed by atoms with Gasteiger partial charge in [-0.1, -0.05) is 224 Å². The average molecular weight is 1130 g/mol. The van der Waals surface area contributed by atoms with Crippen LogP contribution in [0.2, 0.25) is 0 Å². The van der Waals surface area contributed by atoms with Gasteiger partial charge >= 0.3 is 25.7 Å².